The zero-order chi connectivity index (χ0) is 14.4. The van der Waals surface area contributed by atoms with Crippen molar-refractivity contribution in [2.75, 3.05) is 49.5 Å². The molecular formula is C11H18N4. The molecule has 0 bridgehead atoms. The van der Waals surface area contributed by atoms with E-state index >= 15 is 0 Å². The Morgan fingerprint density at radius 3 is 2.47 bits per heavy atom. The van der Waals surface area contributed by atoms with Crippen LogP contribution in [0.4, 0.5) is 17.1 Å². The Morgan fingerprint density at radius 2 is 1.87 bits per heavy atom. The first-order chi connectivity index (χ1) is 8.63. The van der Waals surface area contributed by atoms with E-state index in [1.54, 1.807) is 23.1 Å². The van der Waals surface area contributed by atoms with Gasteiger partial charge >= 0.3 is 0 Å². The molecule has 0 atom stereocenters. The van der Waals surface area contributed by atoms with Gasteiger partial charge in [-0.2, -0.15) is 0 Å². The highest BCUT2D eigenvalue weighted by molar-refractivity contribution is 5.69. The first kappa shape index (κ1) is 6.23. The molecule has 82 valence electrons. The van der Waals surface area contributed by atoms with Crippen molar-refractivity contribution in [2.24, 2.45) is 0 Å². The van der Waals surface area contributed by atoms with E-state index in [-0.39, 0.29) is 13.1 Å². The van der Waals surface area contributed by atoms with Crippen LogP contribution in [0.25, 0.3) is 0 Å². The SMILES string of the molecule is [2H]C1([2H])CN(c2ccc(N)c(N)c2)CC([2H])([2H])N1C. The Bertz CT molecular complexity index is 474. The Balaban J connectivity index is 2.33. The summed E-state index contributed by atoms with van der Waals surface area (Å²) in [5.74, 6) is 0. The summed E-state index contributed by atoms with van der Waals surface area (Å²) in [5.41, 5.74) is 12.9. The lowest BCUT2D eigenvalue weighted by Gasteiger charge is -2.34. The number of nitrogen functional groups attached to an aromatic ring is 2. The summed E-state index contributed by atoms with van der Waals surface area (Å²) in [7, 11) is 1.45. The molecule has 2 rings (SSSR count). The summed E-state index contributed by atoms with van der Waals surface area (Å²) in [6.45, 7) is -3.35. The summed E-state index contributed by atoms with van der Waals surface area (Å²) in [5, 5.41) is 0. The lowest BCUT2D eigenvalue weighted by Crippen LogP contribution is -2.44. The molecule has 0 aromatic heterocycles. The third-order valence-electron chi connectivity index (χ3n) is 2.43. The van der Waals surface area contributed by atoms with Gasteiger partial charge in [0.2, 0.25) is 0 Å². The van der Waals surface area contributed by atoms with E-state index in [1.807, 2.05) is 0 Å². The number of rotatable bonds is 1. The quantitative estimate of drug-likeness (QED) is 0.667. The van der Waals surface area contributed by atoms with Crippen LogP contribution in [0.5, 0.6) is 0 Å². The molecule has 4 nitrogen and oxygen atoms in total. The molecule has 1 aliphatic rings. The highest BCUT2D eigenvalue weighted by Crippen LogP contribution is 2.23. The molecular weight excluding hydrogens is 188 g/mol. The van der Waals surface area contributed by atoms with Crippen molar-refractivity contribution in [2.45, 2.75) is 0 Å². The van der Waals surface area contributed by atoms with Crippen LogP contribution in [0.15, 0.2) is 18.2 Å². The Morgan fingerprint density at radius 1 is 1.20 bits per heavy atom. The van der Waals surface area contributed by atoms with E-state index in [0.29, 0.717) is 17.1 Å². The van der Waals surface area contributed by atoms with Crippen LogP contribution in [0.1, 0.15) is 5.48 Å². The average molecular weight is 210 g/mol. The fraction of sp³-hybridized carbons (Fsp3) is 0.455. The van der Waals surface area contributed by atoms with Gasteiger partial charge in [-0.1, -0.05) is 0 Å². The Labute approximate surface area is 96.1 Å². The molecule has 1 heterocycles. The number of piperazine rings is 1. The van der Waals surface area contributed by atoms with Gasteiger partial charge in [-0.3, -0.25) is 0 Å². The number of likely N-dealkylation sites (N-methyl/N-ethyl adjacent to an activating group) is 1. The average Bonchev–Trinajstić information content (AvgIpc) is 2.28. The summed E-state index contributed by atoms with van der Waals surface area (Å²) in [6.07, 6.45) is 0. The Kier molecular flexibility index (Phi) is 1.65. The topological polar surface area (TPSA) is 58.5 Å². The largest absolute Gasteiger partial charge is 0.397 e. The van der Waals surface area contributed by atoms with Crippen molar-refractivity contribution < 1.29 is 5.48 Å². The maximum atomic E-state index is 7.92. The van der Waals surface area contributed by atoms with Crippen LogP contribution < -0.4 is 16.4 Å². The standard InChI is InChI=1S/C11H18N4/c1-14-4-6-15(7-5-14)9-2-3-10(12)11(13)8-9/h2-3,8H,4-7,12-13H2,1H3/i4D2,5D2. The van der Waals surface area contributed by atoms with E-state index in [4.69, 9.17) is 17.0 Å². The van der Waals surface area contributed by atoms with Gasteiger partial charge in [0.05, 0.1) is 11.4 Å². The van der Waals surface area contributed by atoms with Crippen LogP contribution in [0.2, 0.25) is 0 Å². The highest BCUT2D eigenvalue weighted by Gasteiger charge is 2.14. The molecule has 0 aliphatic carbocycles. The molecule has 0 amide bonds. The van der Waals surface area contributed by atoms with Gasteiger partial charge < -0.3 is 21.3 Å². The first-order valence-electron chi connectivity index (χ1n) is 6.77. The summed E-state index contributed by atoms with van der Waals surface area (Å²) in [6, 6.07) is 5.02. The molecule has 1 saturated heterocycles. The van der Waals surface area contributed by atoms with Crippen LogP contribution in [0, 0.1) is 0 Å². The third-order valence-corrected chi connectivity index (χ3v) is 2.43. The van der Waals surface area contributed by atoms with Crippen LogP contribution in [-0.2, 0) is 0 Å². The fourth-order valence-corrected chi connectivity index (χ4v) is 1.44. The van der Waals surface area contributed by atoms with E-state index in [0.717, 1.165) is 4.90 Å². The maximum absolute atomic E-state index is 7.92. The monoisotopic (exact) mass is 210 g/mol. The minimum Gasteiger partial charge on any atom is -0.397 e. The van der Waals surface area contributed by atoms with Crippen molar-refractivity contribution >= 4 is 17.1 Å². The van der Waals surface area contributed by atoms with Crippen LogP contribution >= 0.6 is 0 Å². The summed E-state index contributed by atoms with van der Waals surface area (Å²) >= 11 is 0. The van der Waals surface area contributed by atoms with Gasteiger partial charge in [0.1, 0.15) is 0 Å². The molecule has 1 fully saturated rings. The lowest BCUT2D eigenvalue weighted by molar-refractivity contribution is 0.313. The molecule has 4 N–H and O–H groups in total. The molecule has 0 spiro atoms. The molecule has 4 heteroatoms. The van der Waals surface area contributed by atoms with Gasteiger partial charge in [0, 0.05) is 37.3 Å². The lowest BCUT2D eigenvalue weighted by atomic mass is 10.2. The second kappa shape index (κ2) is 3.98. The normalized spacial score (nSPS) is 28.7. The van der Waals surface area contributed by atoms with Crippen molar-refractivity contribution in [3.05, 3.63) is 18.2 Å². The molecule has 1 aromatic rings. The van der Waals surface area contributed by atoms with Gasteiger partial charge in [0.15, 0.2) is 0 Å². The zero-order valence-electron chi connectivity index (χ0n) is 12.7. The van der Waals surface area contributed by atoms with Crippen molar-refractivity contribution in [3.8, 4) is 0 Å². The van der Waals surface area contributed by atoms with Gasteiger partial charge in [-0.05, 0) is 25.2 Å². The number of hydrogen-bond acceptors (Lipinski definition) is 4. The molecule has 15 heavy (non-hydrogen) atoms. The number of benzene rings is 1. The van der Waals surface area contributed by atoms with E-state index < -0.39 is 13.0 Å². The smallest absolute Gasteiger partial charge is 0.0568 e. The minimum atomic E-state index is -1.75. The summed E-state index contributed by atoms with van der Waals surface area (Å²) in [4.78, 5) is 2.77. The number of anilines is 3. The molecule has 0 radical (unpaired) electrons. The predicted molar refractivity (Wildman–Crippen MR) is 65.0 cm³/mol. The maximum Gasteiger partial charge on any atom is 0.0568 e. The van der Waals surface area contributed by atoms with Crippen LogP contribution in [-0.4, -0.2) is 38.0 Å². The van der Waals surface area contributed by atoms with E-state index in [1.165, 1.54) is 7.05 Å². The molecule has 1 aliphatic heterocycles. The summed E-state index contributed by atoms with van der Waals surface area (Å²) < 4.78 is 31.7. The molecule has 1 aromatic carbocycles. The van der Waals surface area contributed by atoms with Gasteiger partial charge in [0.25, 0.3) is 0 Å². The highest BCUT2D eigenvalue weighted by atomic mass is 15.2. The second-order valence-electron chi connectivity index (χ2n) is 3.54. The fourth-order valence-electron chi connectivity index (χ4n) is 1.44. The van der Waals surface area contributed by atoms with E-state index in [9.17, 15) is 0 Å². The second-order valence-corrected chi connectivity index (χ2v) is 3.54. The van der Waals surface area contributed by atoms with Gasteiger partial charge in [-0.25, -0.2) is 0 Å². The van der Waals surface area contributed by atoms with Crippen LogP contribution in [0.3, 0.4) is 0 Å². The molecule has 0 saturated carbocycles. The minimum absolute atomic E-state index is 0.0758. The number of nitrogens with zero attached hydrogens (tertiary/aromatic N) is 2. The van der Waals surface area contributed by atoms with E-state index in [2.05, 4.69) is 0 Å². The first-order valence-corrected chi connectivity index (χ1v) is 4.77. The number of hydrogen-bond donors (Lipinski definition) is 2. The predicted octanol–water partition coefficient (Wildman–Crippen LogP) is 0.603. The van der Waals surface area contributed by atoms with Gasteiger partial charge in [-0.15, -0.1) is 0 Å². The van der Waals surface area contributed by atoms with Crippen molar-refractivity contribution in [3.63, 3.8) is 0 Å². The van der Waals surface area contributed by atoms with Crippen molar-refractivity contribution in [1.82, 2.24) is 4.90 Å². The zero-order valence-corrected chi connectivity index (χ0v) is 8.70. The Hall–Kier alpha value is -1.42. The third kappa shape index (κ3) is 2.15. The number of nitrogens with two attached hydrogens (primary N) is 2. The van der Waals surface area contributed by atoms with Crippen molar-refractivity contribution in [1.29, 1.82) is 0 Å². The molecule has 0 unspecified atom stereocenters.